The van der Waals surface area contributed by atoms with Crippen LogP contribution in [0.4, 0.5) is 0 Å². The Hall–Kier alpha value is -4.46. The molecule has 1 aromatic heterocycles. The first-order chi connectivity index (χ1) is 16.1. The van der Waals surface area contributed by atoms with Gasteiger partial charge >= 0.3 is 5.97 Å². The maximum Gasteiger partial charge on any atom is 0.343 e. The Balaban J connectivity index is 1.46. The highest BCUT2D eigenvalue weighted by molar-refractivity contribution is 5.93. The van der Waals surface area contributed by atoms with Gasteiger partial charge in [-0.2, -0.15) is 9.78 Å². The summed E-state index contributed by atoms with van der Waals surface area (Å²) in [4.78, 5) is 30.2. The minimum Gasteiger partial charge on any atom is -0.454 e. The predicted molar refractivity (Wildman–Crippen MR) is 122 cm³/mol. The van der Waals surface area contributed by atoms with Gasteiger partial charge in [-0.25, -0.2) is 9.78 Å². The number of rotatable bonds is 5. The van der Waals surface area contributed by atoms with Crippen molar-refractivity contribution in [2.75, 3.05) is 6.79 Å². The van der Waals surface area contributed by atoms with E-state index in [1.54, 1.807) is 60.7 Å². The number of nitrogens with zero attached hydrogens (tertiary/aromatic N) is 3. The van der Waals surface area contributed by atoms with E-state index in [0.717, 1.165) is 0 Å². The average Bonchev–Trinajstić information content (AvgIpc) is 3.32. The molecule has 3 aromatic carbocycles. The Morgan fingerprint density at radius 1 is 1.09 bits per heavy atom. The normalized spacial score (nSPS) is 12.4. The molecule has 0 saturated heterocycles. The third-order valence-electron chi connectivity index (χ3n) is 5.18. The molecular formula is C25H19N3O5. The molecule has 8 heteroatoms. The summed E-state index contributed by atoms with van der Waals surface area (Å²) in [5.74, 6) is 1.37. The van der Waals surface area contributed by atoms with Crippen LogP contribution in [0.25, 0.3) is 10.9 Å². The monoisotopic (exact) mass is 441 g/mol. The number of para-hydroxylation sites is 2. The fourth-order valence-corrected chi connectivity index (χ4v) is 3.50. The predicted octanol–water partition coefficient (Wildman–Crippen LogP) is 3.79. The standard InChI is InChI=1S/C25H19N3O5/c1-2-23-27-19-9-5-4-8-18(19)24(29)28(23)26-14-17-7-3-6-10-20(17)33-25(30)16-11-12-21-22(13-16)32-15-31-21/h3-14H,2,15H2,1H3/b26-14-. The fraction of sp³-hybridized carbons (Fsp3) is 0.120. The molecule has 0 saturated carbocycles. The third kappa shape index (κ3) is 3.94. The van der Waals surface area contributed by atoms with E-state index < -0.39 is 5.97 Å². The average molecular weight is 441 g/mol. The van der Waals surface area contributed by atoms with Crippen molar-refractivity contribution in [2.45, 2.75) is 13.3 Å². The molecule has 4 aromatic rings. The number of carbonyl (C=O) groups excluding carboxylic acids is 1. The number of ether oxygens (including phenoxy) is 3. The zero-order valence-electron chi connectivity index (χ0n) is 17.7. The van der Waals surface area contributed by atoms with Crippen LogP contribution in [0.3, 0.4) is 0 Å². The van der Waals surface area contributed by atoms with Gasteiger partial charge < -0.3 is 14.2 Å². The maximum absolute atomic E-state index is 13.0. The van der Waals surface area contributed by atoms with E-state index in [1.165, 1.54) is 10.9 Å². The Bertz CT molecular complexity index is 1460. The second-order valence-electron chi connectivity index (χ2n) is 7.26. The van der Waals surface area contributed by atoms with Crippen LogP contribution < -0.4 is 19.8 Å². The molecule has 164 valence electrons. The van der Waals surface area contributed by atoms with Crippen LogP contribution >= 0.6 is 0 Å². The second-order valence-corrected chi connectivity index (χ2v) is 7.26. The Labute approximate surface area is 188 Å². The van der Waals surface area contributed by atoms with Crippen molar-refractivity contribution < 1.29 is 19.0 Å². The quantitative estimate of drug-likeness (QED) is 0.266. The van der Waals surface area contributed by atoms with E-state index in [9.17, 15) is 9.59 Å². The Morgan fingerprint density at radius 2 is 1.88 bits per heavy atom. The summed E-state index contributed by atoms with van der Waals surface area (Å²) in [7, 11) is 0. The highest BCUT2D eigenvalue weighted by atomic mass is 16.7. The van der Waals surface area contributed by atoms with Gasteiger partial charge in [0.05, 0.1) is 22.7 Å². The molecule has 8 nitrogen and oxygen atoms in total. The zero-order chi connectivity index (χ0) is 22.8. The number of hydrogen-bond acceptors (Lipinski definition) is 7. The Kier molecular flexibility index (Phi) is 5.32. The van der Waals surface area contributed by atoms with Gasteiger partial charge in [0.2, 0.25) is 6.79 Å². The van der Waals surface area contributed by atoms with Gasteiger partial charge in [0.15, 0.2) is 11.5 Å². The minimum atomic E-state index is -0.548. The molecule has 1 aliphatic rings. The van der Waals surface area contributed by atoms with Crippen molar-refractivity contribution >= 4 is 23.1 Å². The van der Waals surface area contributed by atoms with Crippen molar-refractivity contribution in [3.05, 3.63) is 94.0 Å². The summed E-state index contributed by atoms with van der Waals surface area (Å²) in [6.45, 7) is 2.03. The number of carbonyl (C=O) groups is 1. The number of benzene rings is 3. The van der Waals surface area contributed by atoms with Crippen molar-refractivity contribution in [1.82, 2.24) is 9.66 Å². The molecule has 0 amide bonds. The number of aromatic nitrogens is 2. The van der Waals surface area contributed by atoms with Crippen LogP contribution in [-0.2, 0) is 6.42 Å². The van der Waals surface area contributed by atoms with E-state index in [2.05, 4.69) is 10.1 Å². The molecule has 0 fully saturated rings. The van der Waals surface area contributed by atoms with Crippen molar-refractivity contribution in [3.8, 4) is 17.2 Å². The first-order valence-corrected chi connectivity index (χ1v) is 10.4. The van der Waals surface area contributed by atoms with Gasteiger partial charge in [0.1, 0.15) is 11.6 Å². The summed E-state index contributed by atoms with van der Waals surface area (Å²) in [5.41, 5.74) is 1.23. The minimum absolute atomic E-state index is 0.121. The van der Waals surface area contributed by atoms with Gasteiger partial charge in [-0.05, 0) is 42.5 Å². The van der Waals surface area contributed by atoms with Crippen LogP contribution in [-0.4, -0.2) is 28.6 Å². The zero-order valence-corrected chi connectivity index (χ0v) is 17.7. The molecule has 1 aliphatic heterocycles. The molecule has 0 N–H and O–H groups in total. The lowest BCUT2D eigenvalue weighted by Gasteiger charge is -2.09. The summed E-state index contributed by atoms with van der Waals surface area (Å²) < 4.78 is 17.5. The van der Waals surface area contributed by atoms with Crippen molar-refractivity contribution in [3.63, 3.8) is 0 Å². The molecule has 0 unspecified atom stereocenters. The number of hydrogen-bond donors (Lipinski definition) is 0. The smallest absolute Gasteiger partial charge is 0.343 e. The van der Waals surface area contributed by atoms with Gasteiger partial charge in [0.25, 0.3) is 5.56 Å². The van der Waals surface area contributed by atoms with Crippen LogP contribution in [0, 0.1) is 0 Å². The summed E-state index contributed by atoms with van der Waals surface area (Å²) in [6.07, 6.45) is 2.01. The highest BCUT2D eigenvalue weighted by Crippen LogP contribution is 2.33. The van der Waals surface area contributed by atoms with Crippen molar-refractivity contribution in [1.29, 1.82) is 0 Å². The SMILES string of the molecule is CCc1nc2ccccc2c(=O)n1/N=C\c1ccccc1OC(=O)c1ccc2c(c1)OCO2. The molecule has 2 heterocycles. The van der Waals surface area contributed by atoms with Crippen LogP contribution in [0.15, 0.2) is 76.6 Å². The first-order valence-electron chi connectivity index (χ1n) is 10.4. The van der Waals surface area contributed by atoms with E-state index in [1.807, 2.05) is 13.0 Å². The van der Waals surface area contributed by atoms with E-state index in [4.69, 9.17) is 14.2 Å². The van der Waals surface area contributed by atoms with E-state index >= 15 is 0 Å². The van der Waals surface area contributed by atoms with Crippen molar-refractivity contribution in [2.24, 2.45) is 5.10 Å². The third-order valence-corrected chi connectivity index (χ3v) is 5.18. The number of esters is 1. The lowest BCUT2D eigenvalue weighted by Crippen LogP contribution is -2.22. The molecule has 33 heavy (non-hydrogen) atoms. The maximum atomic E-state index is 13.0. The lowest BCUT2D eigenvalue weighted by atomic mass is 10.2. The summed E-state index contributed by atoms with van der Waals surface area (Å²) >= 11 is 0. The van der Waals surface area contributed by atoms with E-state index in [-0.39, 0.29) is 12.4 Å². The number of fused-ring (bicyclic) bond motifs is 2. The molecule has 0 atom stereocenters. The van der Waals surface area contributed by atoms with Gasteiger partial charge in [-0.3, -0.25) is 4.79 Å². The lowest BCUT2D eigenvalue weighted by molar-refractivity contribution is 0.0734. The molecule has 0 bridgehead atoms. The Morgan fingerprint density at radius 3 is 2.76 bits per heavy atom. The topological polar surface area (TPSA) is 92.0 Å². The summed E-state index contributed by atoms with van der Waals surface area (Å²) in [6, 6.07) is 19.0. The number of aryl methyl sites for hydroxylation is 1. The van der Waals surface area contributed by atoms with Gasteiger partial charge in [-0.15, -0.1) is 0 Å². The van der Waals surface area contributed by atoms with Crippen LogP contribution in [0.5, 0.6) is 17.2 Å². The largest absolute Gasteiger partial charge is 0.454 e. The van der Waals surface area contributed by atoms with Gasteiger partial charge in [-0.1, -0.05) is 31.2 Å². The molecule has 0 aliphatic carbocycles. The fourth-order valence-electron chi connectivity index (χ4n) is 3.50. The molecule has 0 radical (unpaired) electrons. The second kappa shape index (κ2) is 8.58. The first kappa shape index (κ1) is 20.4. The van der Waals surface area contributed by atoms with Crippen LogP contribution in [0.1, 0.15) is 28.7 Å². The highest BCUT2D eigenvalue weighted by Gasteiger charge is 2.18. The van der Waals surface area contributed by atoms with Gasteiger partial charge in [0, 0.05) is 12.0 Å². The molecular weight excluding hydrogens is 422 g/mol. The molecule has 0 spiro atoms. The van der Waals surface area contributed by atoms with E-state index in [0.29, 0.717) is 51.5 Å². The molecule has 5 rings (SSSR count). The van der Waals surface area contributed by atoms with Crippen LogP contribution in [0.2, 0.25) is 0 Å². The summed E-state index contributed by atoms with van der Waals surface area (Å²) in [5, 5.41) is 4.85.